The highest BCUT2D eigenvalue weighted by Gasteiger charge is 2.32. The lowest BCUT2D eigenvalue weighted by Gasteiger charge is -2.14. The number of hydrogen-bond acceptors (Lipinski definition) is 6. The number of phenolic OH excluding ortho intramolecular Hbond substituents is 2. The van der Waals surface area contributed by atoms with Gasteiger partial charge in [0.2, 0.25) is 0 Å². The van der Waals surface area contributed by atoms with Gasteiger partial charge < -0.3 is 20.8 Å². The van der Waals surface area contributed by atoms with Gasteiger partial charge in [0.15, 0.2) is 0 Å². The Hall–Kier alpha value is -3.70. The summed E-state index contributed by atoms with van der Waals surface area (Å²) in [5, 5.41) is 24.3. The highest BCUT2D eigenvalue weighted by Crippen LogP contribution is 2.36. The quantitative estimate of drug-likeness (QED) is 0.385. The highest BCUT2D eigenvalue weighted by molar-refractivity contribution is 5.66. The molecule has 12 heteroatoms. The number of aryl methyl sites for hydroxylation is 1. The second kappa shape index (κ2) is 7.85. The van der Waals surface area contributed by atoms with Crippen LogP contribution in [0.3, 0.4) is 0 Å². The summed E-state index contributed by atoms with van der Waals surface area (Å²) in [7, 11) is 0. The fourth-order valence-electron chi connectivity index (χ4n) is 2.69. The second-order valence-electron chi connectivity index (χ2n) is 6.47. The van der Waals surface area contributed by atoms with Gasteiger partial charge in [-0.05, 0) is 31.2 Å². The number of halogens is 6. The van der Waals surface area contributed by atoms with E-state index in [4.69, 9.17) is 0 Å². The van der Waals surface area contributed by atoms with E-state index in [-0.39, 0.29) is 28.8 Å². The molecule has 2 aromatic carbocycles. The Labute approximate surface area is 171 Å². The Kier molecular flexibility index (Phi) is 5.57. The molecule has 0 bridgehead atoms. The zero-order valence-corrected chi connectivity index (χ0v) is 15.6. The lowest BCUT2D eigenvalue weighted by Crippen LogP contribution is -2.07. The van der Waals surface area contributed by atoms with Crippen molar-refractivity contribution in [1.82, 2.24) is 9.97 Å². The smallest absolute Gasteiger partial charge is 0.416 e. The molecule has 0 fully saturated rings. The van der Waals surface area contributed by atoms with Gasteiger partial charge in [-0.3, -0.25) is 0 Å². The number of nitrogens with one attached hydrogen (secondary N) is 2. The van der Waals surface area contributed by atoms with Crippen molar-refractivity contribution in [3.05, 3.63) is 59.4 Å². The summed E-state index contributed by atoms with van der Waals surface area (Å²) in [5.74, 6) is -1.06. The van der Waals surface area contributed by atoms with Gasteiger partial charge in [-0.1, -0.05) is 0 Å². The summed E-state index contributed by atoms with van der Waals surface area (Å²) in [6, 6.07) is 5.97. The Balaban J connectivity index is 1.90. The first-order chi connectivity index (χ1) is 14.3. The van der Waals surface area contributed by atoms with Crippen LogP contribution in [0.1, 0.15) is 17.0 Å². The first kappa shape index (κ1) is 22.0. The monoisotopic (exact) mass is 444 g/mol. The van der Waals surface area contributed by atoms with Crippen LogP contribution in [-0.2, 0) is 12.4 Å². The molecule has 0 saturated heterocycles. The molecule has 164 valence electrons. The van der Waals surface area contributed by atoms with Gasteiger partial charge in [0, 0.05) is 29.6 Å². The van der Waals surface area contributed by atoms with E-state index in [1.165, 1.54) is 13.0 Å². The van der Waals surface area contributed by atoms with Crippen LogP contribution in [0.4, 0.5) is 49.4 Å². The number of hydrogen-bond donors (Lipinski definition) is 4. The second-order valence-corrected chi connectivity index (χ2v) is 6.47. The molecule has 4 N–H and O–H groups in total. The maximum absolute atomic E-state index is 12.9. The van der Waals surface area contributed by atoms with Gasteiger partial charge in [-0.15, -0.1) is 0 Å². The maximum Gasteiger partial charge on any atom is 0.416 e. The van der Waals surface area contributed by atoms with E-state index in [1.54, 1.807) is 0 Å². The van der Waals surface area contributed by atoms with Crippen molar-refractivity contribution in [1.29, 1.82) is 0 Å². The average molecular weight is 444 g/mol. The number of aromatic nitrogens is 2. The first-order valence-corrected chi connectivity index (χ1v) is 8.52. The molecule has 0 atom stereocenters. The number of anilines is 4. The fraction of sp³-hybridized carbons (Fsp3) is 0.158. The third-order valence-corrected chi connectivity index (χ3v) is 3.87. The molecule has 0 unspecified atom stereocenters. The number of nitrogens with zero attached hydrogens (tertiary/aromatic N) is 2. The molecule has 1 aromatic heterocycles. The third kappa shape index (κ3) is 5.68. The predicted molar refractivity (Wildman–Crippen MR) is 99.6 cm³/mol. The first-order valence-electron chi connectivity index (χ1n) is 8.52. The number of phenols is 2. The molecule has 3 aromatic rings. The SMILES string of the molecule is Cc1nc(Nc2cc(O)cc(C(F)(F)F)c2)cc(Nc2cc(O)cc(C(F)(F)F)c2)n1. The molecule has 0 saturated carbocycles. The van der Waals surface area contributed by atoms with E-state index >= 15 is 0 Å². The molecule has 6 nitrogen and oxygen atoms in total. The third-order valence-electron chi connectivity index (χ3n) is 3.87. The maximum atomic E-state index is 12.9. The van der Waals surface area contributed by atoms with Crippen LogP contribution < -0.4 is 10.6 Å². The van der Waals surface area contributed by atoms with Crippen molar-refractivity contribution in [2.75, 3.05) is 10.6 Å². The van der Waals surface area contributed by atoms with Gasteiger partial charge >= 0.3 is 12.4 Å². The molecule has 3 rings (SSSR count). The van der Waals surface area contributed by atoms with Gasteiger partial charge in [0.25, 0.3) is 0 Å². The van der Waals surface area contributed by atoms with E-state index in [9.17, 15) is 36.6 Å². The van der Waals surface area contributed by atoms with Crippen molar-refractivity contribution >= 4 is 23.0 Å². The van der Waals surface area contributed by atoms with E-state index in [1.807, 2.05) is 0 Å². The number of benzene rings is 2. The Morgan fingerprint density at radius 3 is 1.39 bits per heavy atom. The van der Waals surface area contributed by atoms with Crippen molar-refractivity contribution in [2.45, 2.75) is 19.3 Å². The van der Waals surface area contributed by atoms with E-state index in [0.717, 1.165) is 24.3 Å². The Morgan fingerprint density at radius 2 is 1.03 bits per heavy atom. The highest BCUT2D eigenvalue weighted by atomic mass is 19.4. The average Bonchev–Trinajstić information content (AvgIpc) is 2.58. The molecular formula is C19H14F6N4O2. The Bertz CT molecular complexity index is 1030. The van der Waals surface area contributed by atoms with Crippen LogP contribution >= 0.6 is 0 Å². The predicted octanol–water partition coefficient (Wildman–Crippen LogP) is 5.72. The normalized spacial score (nSPS) is 12.0. The van der Waals surface area contributed by atoms with E-state index in [0.29, 0.717) is 12.1 Å². The lowest BCUT2D eigenvalue weighted by atomic mass is 10.1. The molecule has 0 radical (unpaired) electrons. The largest absolute Gasteiger partial charge is 0.508 e. The standard InChI is InChI=1S/C19H14F6N4O2/c1-9-26-16(28-12-2-10(18(20,21)22)4-14(30)6-12)8-17(27-9)29-13-3-11(19(23,24)25)5-15(31)7-13/h2-8,30-31H,1H3,(H2,26,27,28,29). The minimum Gasteiger partial charge on any atom is -0.508 e. The van der Waals surface area contributed by atoms with Crippen LogP contribution in [-0.4, -0.2) is 20.2 Å². The summed E-state index contributed by atoms with van der Waals surface area (Å²) in [4.78, 5) is 8.02. The van der Waals surface area contributed by atoms with Crippen LogP contribution in [0.5, 0.6) is 11.5 Å². The van der Waals surface area contributed by atoms with Crippen molar-refractivity contribution in [3.8, 4) is 11.5 Å². The van der Waals surface area contributed by atoms with Crippen LogP contribution in [0.25, 0.3) is 0 Å². The van der Waals surface area contributed by atoms with E-state index < -0.39 is 35.0 Å². The summed E-state index contributed by atoms with van der Waals surface area (Å²) in [5.41, 5.74) is -2.40. The van der Waals surface area contributed by atoms with Crippen molar-refractivity contribution in [2.24, 2.45) is 0 Å². The van der Waals surface area contributed by atoms with Gasteiger partial charge in [-0.2, -0.15) is 26.3 Å². The summed E-state index contributed by atoms with van der Waals surface area (Å²) < 4.78 is 77.6. The number of rotatable bonds is 4. The number of aromatic hydroxyl groups is 2. The number of alkyl halides is 6. The van der Waals surface area contributed by atoms with Crippen LogP contribution in [0.15, 0.2) is 42.5 Å². The fourth-order valence-corrected chi connectivity index (χ4v) is 2.69. The zero-order valence-electron chi connectivity index (χ0n) is 15.6. The van der Waals surface area contributed by atoms with E-state index in [2.05, 4.69) is 20.6 Å². The topological polar surface area (TPSA) is 90.3 Å². The minimum absolute atomic E-state index is 0.0184. The van der Waals surface area contributed by atoms with Crippen LogP contribution in [0, 0.1) is 6.92 Å². The lowest BCUT2D eigenvalue weighted by molar-refractivity contribution is -0.138. The van der Waals surface area contributed by atoms with Crippen molar-refractivity contribution in [3.63, 3.8) is 0 Å². The molecule has 0 aliphatic rings. The molecule has 0 aliphatic heterocycles. The molecule has 0 aliphatic carbocycles. The van der Waals surface area contributed by atoms with Crippen molar-refractivity contribution < 1.29 is 36.6 Å². The minimum atomic E-state index is -4.69. The molecule has 0 amide bonds. The molecular weight excluding hydrogens is 430 g/mol. The van der Waals surface area contributed by atoms with Gasteiger partial charge in [0.1, 0.15) is 29.0 Å². The molecule has 0 spiro atoms. The van der Waals surface area contributed by atoms with Gasteiger partial charge in [0.05, 0.1) is 11.1 Å². The zero-order chi connectivity index (χ0) is 23.0. The summed E-state index contributed by atoms with van der Waals surface area (Å²) >= 11 is 0. The summed E-state index contributed by atoms with van der Waals surface area (Å²) in [6.07, 6.45) is -9.37. The Morgan fingerprint density at radius 1 is 0.645 bits per heavy atom. The molecule has 31 heavy (non-hydrogen) atoms. The summed E-state index contributed by atoms with van der Waals surface area (Å²) in [6.45, 7) is 1.46. The van der Waals surface area contributed by atoms with Crippen LogP contribution in [0.2, 0.25) is 0 Å². The van der Waals surface area contributed by atoms with Gasteiger partial charge in [-0.25, -0.2) is 9.97 Å². The molecule has 1 heterocycles.